The highest BCUT2D eigenvalue weighted by Gasteiger charge is 2.36. The number of phenols is 1. The highest BCUT2D eigenvalue weighted by Crippen LogP contribution is 2.32. The van der Waals surface area contributed by atoms with Crippen molar-refractivity contribution in [2.45, 2.75) is 19.9 Å². The minimum absolute atomic E-state index is 0.0200. The third kappa shape index (κ3) is 3.54. The molecular weight excluding hydrogens is 376 g/mol. The van der Waals surface area contributed by atoms with Gasteiger partial charge in [0.15, 0.2) is 11.5 Å². The number of ether oxygens (including phenoxy) is 1. The normalized spacial score (nSPS) is 20.4. The molecule has 152 valence electrons. The van der Waals surface area contributed by atoms with Crippen LogP contribution in [0.2, 0.25) is 0 Å². The number of anilines is 1. The van der Waals surface area contributed by atoms with Gasteiger partial charge in [-0.15, -0.1) is 0 Å². The molecule has 0 radical (unpaired) electrons. The predicted octanol–water partition coefficient (Wildman–Crippen LogP) is 4.59. The number of aryl methyl sites for hydroxylation is 2. The van der Waals surface area contributed by atoms with Crippen LogP contribution in [0, 0.1) is 19.8 Å². The van der Waals surface area contributed by atoms with Gasteiger partial charge in [0, 0.05) is 5.56 Å². The molecule has 5 nitrogen and oxygen atoms in total. The summed E-state index contributed by atoms with van der Waals surface area (Å²) in [5.74, 6) is 0.638. The summed E-state index contributed by atoms with van der Waals surface area (Å²) in [6.45, 7) is 4.07. The standard InChI is InChI=1S/C25H24N2O3/c1-16-11-13-19(15-17(16)2)27-23(26-21-9-5-4-8-20(21)25(27)29)14-12-18-7-6-10-22(30-3)24(18)28/h4-15,20-21,28H,1-3H3/b14-12+. The van der Waals surface area contributed by atoms with E-state index in [0.717, 1.165) is 16.8 Å². The molecule has 2 atom stereocenters. The highest BCUT2D eigenvalue weighted by atomic mass is 16.5. The monoisotopic (exact) mass is 400 g/mol. The molecule has 1 heterocycles. The Labute approximate surface area is 176 Å². The molecule has 0 saturated heterocycles. The predicted molar refractivity (Wildman–Crippen MR) is 120 cm³/mol. The number of amides is 1. The number of hydrogen-bond donors (Lipinski definition) is 1. The first-order valence-corrected chi connectivity index (χ1v) is 9.87. The number of benzene rings is 2. The lowest BCUT2D eigenvalue weighted by Crippen LogP contribution is -2.48. The van der Waals surface area contributed by atoms with Crippen molar-refractivity contribution >= 4 is 23.5 Å². The minimum atomic E-state index is -0.320. The quantitative estimate of drug-likeness (QED) is 0.817. The largest absolute Gasteiger partial charge is 0.504 e. The molecule has 0 spiro atoms. The molecule has 1 aliphatic carbocycles. The molecule has 2 aliphatic rings. The fourth-order valence-electron chi connectivity index (χ4n) is 3.66. The molecule has 5 heteroatoms. The molecule has 2 unspecified atom stereocenters. The molecular formula is C25H24N2O3. The molecule has 0 fully saturated rings. The lowest BCUT2D eigenvalue weighted by molar-refractivity contribution is -0.120. The van der Waals surface area contributed by atoms with Crippen LogP contribution in [0.15, 0.2) is 71.8 Å². The maximum atomic E-state index is 13.4. The number of amidine groups is 1. The molecule has 2 aromatic rings. The van der Waals surface area contributed by atoms with E-state index in [0.29, 0.717) is 17.1 Å². The summed E-state index contributed by atoms with van der Waals surface area (Å²) in [4.78, 5) is 19.9. The molecule has 0 aromatic heterocycles. The van der Waals surface area contributed by atoms with Gasteiger partial charge in [-0.1, -0.05) is 42.5 Å². The van der Waals surface area contributed by atoms with Crippen molar-refractivity contribution in [1.29, 1.82) is 0 Å². The fourth-order valence-corrected chi connectivity index (χ4v) is 3.66. The summed E-state index contributed by atoms with van der Waals surface area (Å²) in [6, 6.07) is 11.0. The molecule has 30 heavy (non-hydrogen) atoms. The molecule has 2 aromatic carbocycles. The zero-order valence-corrected chi connectivity index (χ0v) is 17.2. The number of fused-ring (bicyclic) bond motifs is 1. The van der Waals surface area contributed by atoms with Crippen molar-refractivity contribution in [2.75, 3.05) is 12.0 Å². The van der Waals surface area contributed by atoms with Crippen LogP contribution in [-0.2, 0) is 4.79 Å². The summed E-state index contributed by atoms with van der Waals surface area (Å²) in [7, 11) is 1.51. The Morgan fingerprint density at radius 2 is 1.87 bits per heavy atom. The first-order valence-electron chi connectivity index (χ1n) is 9.87. The number of nitrogens with zero attached hydrogens (tertiary/aromatic N) is 2. The summed E-state index contributed by atoms with van der Waals surface area (Å²) in [5.41, 5.74) is 3.64. The summed E-state index contributed by atoms with van der Waals surface area (Å²) < 4.78 is 5.18. The van der Waals surface area contributed by atoms with Gasteiger partial charge in [0.25, 0.3) is 0 Å². The van der Waals surface area contributed by atoms with Crippen molar-refractivity contribution in [3.63, 3.8) is 0 Å². The minimum Gasteiger partial charge on any atom is -0.504 e. The van der Waals surface area contributed by atoms with Crippen molar-refractivity contribution in [2.24, 2.45) is 10.9 Å². The molecule has 4 rings (SSSR count). The number of phenolic OH excluding ortho intramolecular Hbond substituents is 1. The second-order valence-corrected chi connectivity index (χ2v) is 7.45. The zero-order chi connectivity index (χ0) is 21.3. The Bertz CT molecular complexity index is 1110. The van der Waals surface area contributed by atoms with E-state index in [-0.39, 0.29) is 23.6 Å². The van der Waals surface area contributed by atoms with Crippen LogP contribution in [0.4, 0.5) is 5.69 Å². The van der Waals surface area contributed by atoms with Gasteiger partial charge in [-0.25, -0.2) is 0 Å². The van der Waals surface area contributed by atoms with Crippen LogP contribution >= 0.6 is 0 Å². The molecule has 1 N–H and O–H groups in total. The average Bonchev–Trinajstić information content (AvgIpc) is 2.75. The maximum absolute atomic E-state index is 13.4. The van der Waals surface area contributed by atoms with Crippen LogP contribution in [0.1, 0.15) is 16.7 Å². The van der Waals surface area contributed by atoms with Crippen molar-refractivity contribution in [3.8, 4) is 11.5 Å². The van der Waals surface area contributed by atoms with Crippen LogP contribution in [0.5, 0.6) is 11.5 Å². The molecule has 1 aliphatic heterocycles. The Balaban J connectivity index is 1.78. The lowest BCUT2D eigenvalue weighted by Gasteiger charge is -2.34. The van der Waals surface area contributed by atoms with E-state index in [1.807, 2.05) is 56.4 Å². The summed E-state index contributed by atoms with van der Waals surface area (Å²) in [6.07, 6.45) is 11.2. The van der Waals surface area contributed by atoms with Crippen molar-refractivity contribution in [1.82, 2.24) is 0 Å². The number of methoxy groups -OCH3 is 1. The van der Waals surface area contributed by atoms with Gasteiger partial charge in [0.05, 0.1) is 24.8 Å². The smallest absolute Gasteiger partial charge is 0.242 e. The SMILES string of the molecule is COc1cccc(/C=C/C2=NC3C=CC=CC3C(=O)N2c2ccc(C)c(C)c2)c1O. The number of rotatable bonds is 4. The van der Waals surface area contributed by atoms with Crippen LogP contribution < -0.4 is 9.64 Å². The van der Waals surface area contributed by atoms with Crippen LogP contribution in [-0.4, -0.2) is 30.0 Å². The van der Waals surface area contributed by atoms with E-state index in [9.17, 15) is 9.90 Å². The Kier molecular flexibility index (Phi) is 5.27. The van der Waals surface area contributed by atoms with E-state index < -0.39 is 0 Å². The van der Waals surface area contributed by atoms with E-state index in [1.54, 1.807) is 35.3 Å². The fraction of sp³-hybridized carbons (Fsp3) is 0.200. The Morgan fingerprint density at radius 1 is 1.07 bits per heavy atom. The van der Waals surface area contributed by atoms with E-state index in [1.165, 1.54) is 7.11 Å². The van der Waals surface area contributed by atoms with E-state index in [2.05, 4.69) is 0 Å². The molecule has 0 bridgehead atoms. The van der Waals surface area contributed by atoms with Crippen LogP contribution in [0.25, 0.3) is 6.08 Å². The number of hydrogen-bond acceptors (Lipinski definition) is 4. The number of allylic oxidation sites excluding steroid dienone is 2. The number of aromatic hydroxyl groups is 1. The van der Waals surface area contributed by atoms with E-state index >= 15 is 0 Å². The number of carbonyl (C=O) groups is 1. The summed E-state index contributed by atoms with van der Waals surface area (Å²) in [5, 5.41) is 10.4. The molecule has 0 saturated carbocycles. The third-order valence-electron chi connectivity index (χ3n) is 5.53. The van der Waals surface area contributed by atoms with Crippen LogP contribution in [0.3, 0.4) is 0 Å². The first-order chi connectivity index (χ1) is 14.5. The topological polar surface area (TPSA) is 62.1 Å². The van der Waals surface area contributed by atoms with Gasteiger partial charge in [-0.2, -0.15) is 0 Å². The van der Waals surface area contributed by atoms with E-state index in [4.69, 9.17) is 9.73 Å². The first kappa shape index (κ1) is 19.7. The average molecular weight is 400 g/mol. The van der Waals surface area contributed by atoms with Gasteiger partial charge < -0.3 is 9.84 Å². The van der Waals surface area contributed by atoms with Gasteiger partial charge in [0.2, 0.25) is 5.91 Å². The Morgan fingerprint density at radius 3 is 2.63 bits per heavy atom. The van der Waals surface area contributed by atoms with Crippen molar-refractivity contribution < 1.29 is 14.6 Å². The number of aliphatic imine (C=N–C) groups is 1. The second-order valence-electron chi connectivity index (χ2n) is 7.45. The summed E-state index contributed by atoms with van der Waals surface area (Å²) >= 11 is 0. The van der Waals surface area contributed by atoms with Gasteiger partial charge >= 0.3 is 0 Å². The van der Waals surface area contributed by atoms with Gasteiger partial charge in [0.1, 0.15) is 5.84 Å². The third-order valence-corrected chi connectivity index (χ3v) is 5.53. The zero-order valence-electron chi connectivity index (χ0n) is 17.2. The van der Waals surface area contributed by atoms with Gasteiger partial charge in [-0.3, -0.25) is 14.7 Å². The lowest BCUT2D eigenvalue weighted by atomic mass is 9.91. The second kappa shape index (κ2) is 8.03. The van der Waals surface area contributed by atoms with Gasteiger partial charge in [-0.05, 0) is 55.3 Å². The Hall–Kier alpha value is -3.60. The molecule has 1 amide bonds. The number of para-hydroxylation sites is 1. The maximum Gasteiger partial charge on any atom is 0.242 e. The highest BCUT2D eigenvalue weighted by molar-refractivity contribution is 6.24. The van der Waals surface area contributed by atoms with Crippen molar-refractivity contribution in [3.05, 3.63) is 83.5 Å². The number of carbonyl (C=O) groups excluding carboxylic acids is 1.